The maximum atomic E-state index is 5.30. The normalized spacial score (nSPS) is 10.8. The quantitative estimate of drug-likeness (QED) is 0.327. The summed E-state index contributed by atoms with van der Waals surface area (Å²) in [6.45, 7) is 2.13. The van der Waals surface area contributed by atoms with Crippen molar-refractivity contribution in [2.45, 2.75) is 19.8 Å². The summed E-state index contributed by atoms with van der Waals surface area (Å²) in [6, 6.07) is 27.9. The predicted molar refractivity (Wildman–Crippen MR) is 126 cm³/mol. The summed E-state index contributed by atoms with van der Waals surface area (Å²) in [7, 11) is 3.41. The molecule has 0 aliphatic rings. The van der Waals surface area contributed by atoms with Crippen molar-refractivity contribution in [1.29, 1.82) is 0 Å². The van der Waals surface area contributed by atoms with Crippen molar-refractivity contribution in [2.24, 2.45) is 0 Å². The molecule has 0 unspecified atom stereocenters. The molecule has 152 valence electrons. The van der Waals surface area contributed by atoms with Crippen LogP contribution in [0.2, 0.25) is 0 Å². The van der Waals surface area contributed by atoms with Gasteiger partial charge in [-0.05, 0) is 65.9 Å². The van der Waals surface area contributed by atoms with E-state index in [0.717, 1.165) is 24.3 Å². The molecule has 2 nitrogen and oxygen atoms in total. The molecule has 0 fully saturated rings. The second kappa shape index (κ2) is 9.19. The third-order valence-electron chi connectivity index (χ3n) is 5.31. The van der Waals surface area contributed by atoms with Gasteiger partial charge in [0.2, 0.25) is 0 Å². The van der Waals surface area contributed by atoms with Crippen LogP contribution in [0, 0.1) is 6.92 Å². The molecule has 0 aliphatic heterocycles. The zero-order chi connectivity index (χ0) is 20.9. The highest BCUT2D eigenvalue weighted by Gasteiger charge is 2.12. The van der Waals surface area contributed by atoms with Gasteiger partial charge in [0, 0.05) is 16.2 Å². The SMILES string of the molecule is COc1ccc(Cc2cc(-c3ccc(C)cc3)sc2Cc2ccc(OC)cc2)cc1. The van der Waals surface area contributed by atoms with E-state index in [2.05, 4.69) is 61.5 Å². The number of aryl methyl sites for hydroxylation is 1. The summed E-state index contributed by atoms with van der Waals surface area (Å²) < 4.78 is 10.6. The van der Waals surface area contributed by atoms with Crippen molar-refractivity contribution in [3.05, 3.63) is 106 Å². The van der Waals surface area contributed by atoms with Gasteiger partial charge in [0.25, 0.3) is 0 Å². The number of rotatable bonds is 7. The Bertz CT molecular complexity index is 1020. The zero-order valence-corrected chi connectivity index (χ0v) is 18.5. The van der Waals surface area contributed by atoms with E-state index in [1.165, 1.54) is 37.6 Å². The van der Waals surface area contributed by atoms with Crippen LogP contribution in [-0.2, 0) is 12.8 Å². The number of ether oxygens (including phenoxy) is 2. The molecule has 0 bridgehead atoms. The molecule has 0 N–H and O–H groups in total. The monoisotopic (exact) mass is 414 g/mol. The smallest absolute Gasteiger partial charge is 0.118 e. The minimum Gasteiger partial charge on any atom is -0.497 e. The molecule has 4 aromatic rings. The molecule has 4 rings (SSSR count). The standard InChI is InChI=1S/C27H26O2S/c1-19-4-10-22(11-5-19)27-18-23(16-20-6-12-24(28-2)13-7-20)26(30-27)17-21-8-14-25(29-3)15-9-21/h4-15,18H,16-17H2,1-3H3. The van der Waals surface area contributed by atoms with Gasteiger partial charge in [-0.25, -0.2) is 0 Å². The third kappa shape index (κ3) is 4.74. The number of thiophene rings is 1. The molecule has 30 heavy (non-hydrogen) atoms. The molecule has 1 aromatic heterocycles. The number of methoxy groups -OCH3 is 2. The highest BCUT2D eigenvalue weighted by molar-refractivity contribution is 7.15. The Morgan fingerprint density at radius 1 is 0.667 bits per heavy atom. The Labute approximate surface area is 182 Å². The van der Waals surface area contributed by atoms with Crippen LogP contribution in [0.3, 0.4) is 0 Å². The second-order valence-corrected chi connectivity index (χ2v) is 8.61. The lowest BCUT2D eigenvalue weighted by Crippen LogP contribution is -1.93. The minimum atomic E-state index is 0.892. The van der Waals surface area contributed by atoms with Crippen LogP contribution in [0.15, 0.2) is 78.9 Å². The first-order valence-electron chi connectivity index (χ1n) is 10.1. The maximum Gasteiger partial charge on any atom is 0.118 e. The fourth-order valence-corrected chi connectivity index (χ4v) is 4.74. The Morgan fingerprint density at radius 2 is 1.20 bits per heavy atom. The number of benzene rings is 3. The van der Waals surface area contributed by atoms with E-state index in [1.54, 1.807) is 14.2 Å². The van der Waals surface area contributed by atoms with Crippen molar-refractivity contribution in [2.75, 3.05) is 14.2 Å². The van der Waals surface area contributed by atoms with Crippen LogP contribution in [0.25, 0.3) is 10.4 Å². The fraction of sp³-hybridized carbons (Fsp3) is 0.185. The Hall–Kier alpha value is -3.04. The molecular weight excluding hydrogens is 388 g/mol. The summed E-state index contributed by atoms with van der Waals surface area (Å²) >= 11 is 1.89. The van der Waals surface area contributed by atoms with Gasteiger partial charge < -0.3 is 9.47 Å². The second-order valence-electron chi connectivity index (χ2n) is 7.47. The van der Waals surface area contributed by atoms with E-state index in [1.807, 2.05) is 35.6 Å². The van der Waals surface area contributed by atoms with Crippen LogP contribution in [0.4, 0.5) is 0 Å². The summed E-state index contributed by atoms with van der Waals surface area (Å²) in [5.41, 5.74) is 6.54. The molecule has 0 saturated heterocycles. The first-order valence-corrected chi connectivity index (χ1v) is 10.9. The molecule has 1 heterocycles. The summed E-state index contributed by atoms with van der Waals surface area (Å²) in [6.07, 6.45) is 1.84. The van der Waals surface area contributed by atoms with Gasteiger partial charge in [0.1, 0.15) is 11.5 Å². The Morgan fingerprint density at radius 3 is 1.73 bits per heavy atom. The first kappa shape index (κ1) is 20.2. The molecule has 0 aliphatic carbocycles. The lowest BCUT2D eigenvalue weighted by Gasteiger charge is -2.07. The molecule has 3 heteroatoms. The topological polar surface area (TPSA) is 18.5 Å². The lowest BCUT2D eigenvalue weighted by molar-refractivity contribution is 0.414. The maximum absolute atomic E-state index is 5.30. The van der Waals surface area contributed by atoms with Gasteiger partial charge in [-0.3, -0.25) is 0 Å². The van der Waals surface area contributed by atoms with E-state index in [0.29, 0.717) is 0 Å². The fourth-order valence-electron chi connectivity index (χ4n) is 3.52. The zero-order valence-electron chi connectivity index (χ0n) is 17.6. The van der Waals surface area contributed by atoms with Gasteiger partial charge in [0.15, 0.2) is 0 Å². The van der Waals surface area contributed by atoms with Crippen LogP contribution < -0.4 is 9.47 Å². The van der Waals surface area contributed by atoms with Crippen LogP contribution >= 0.6 is 11.3 Å². The molecule has 3 aromatic carbocycles. The molecule has 0 amide bonds. The highest BCUT2D eigenvalue weighted by atomic mass is 32.1. The van der Waals surface area contributed by atoms with E-state index in [9.17, 15) is 0 Å². The van der Waals surface area contributed by atoms with Crippen LogP contribution in [0.1, 0.15) is 27.1 Å². The van der Waals surface area contributed by atoms with Crippen LogP contribution in [-0.4, -0.2) is 14.2 Å². The summed E-state index contributed by atoms with van der Waals surface area (Å²) in [5, 5.41) is 0. The molecule has 0 radical (unpaired) electrons. The number of hydrogen-bond donors (Lipinski definition) is 0. The van der Waals surface area contributed by atoms with Gasteiger partial charge in [-0.15, -0.1) is 11.3 Å². The van der Waals surface area contributed by atoms with E-state index in [4.69, 9.17) is 9.47 Å². The van der Waals surface area contributed by atoms with E-state index >= 15 is 0 Å². The van der Waals surface area contributed by atoms with Crippen molar-refractivity contribution in [1.82, 2.24) is 0 Å². The van der Waals surface area contributed by atoms with Gasteiger partial charge in [-0.2, -0.15) is 0 Å². The van der Waals surface area contributed by atoms with Crippen molar-refractivity contribution < 1.29 is 9.47 Å². The molecule has 0 atom stereocenters. The number of hydrogen-bond acceptors (Lipinski definition) is 3. The van der Waals surface area contributed by atoms with E-state index in [-0.39, 0.29) is 0 Å². The molecular formula is C27H26O2S. The lowest BCUT2D eigenvalue weighted by atomic mass is 10.0. The van der Waals surface area contributed by atoms with Gasteiger partial charge in [0.05, 0.1) is 14.2 Å². The third-order valence-corrected chi connectivity index (χ3v) is 6.54. The summed E-state index contributed by atoms with van der Waals surface area (Å²) in [4.78, 5) is 2.73. The van der Waals surface area contributed by atoms with Crippen LogP contribution in [0.5, 0.6) is 11.5 Å². The van der Waals surface area contributed by atoms with Crippen molar-refractivity contribution in [3.63, 3.8) is 0 Å². The van der Waals surface area contributed by atoms with Crippen molar-refractivity contribution >= 4 is 11.3 Å². The summed E-state index contributed by atoms with van der Waals surface area (Å²) in [5.74, 6) is 1.78. The van der Waals surface area contributed by atoms with Gasteiger partial charge >= 0.3 is 0 Å². The van der Waals surface area contributed by atoms with Gasteiger partial charge in [-0.1, -0.05) is 54.1 Å². The Kier molecular flexibility index (Phi) is 6.20. The highest BCUT2D eigenvalue weighted by Crippen LogP contribution is 2.35. The average molecular weight is 415 g/mol. The minimum absolute atomic E-state index is 0.892. The largest absolute Gasteiger partial charge is 0.497 e. The molecule has 0 spiro atoms. The predicted octanol–water partition coefficient (Wildman–Crippen LogP) is 6.92. The first-order chi connectivity index (χ1) is 14.6. The average Bonchev–Trinajstić information content (AvgIpc) is 3.17. The Balaban J connectivity index is 1.66. The van der Waals surface area contributed by atoms with E-state index < -0.39 is 0 Å². The molecule has 0 saturated carbocycles. The van der Waals surface area contributed by atoms with Crippen molar-refractivity contribution in [3.8, 4) is 21.9 Å².